The Morgan fingerprint density at radius 2 is 1.80 bits per heavy atom. The first kappa shape index (κ1) is 24.1. The molecule has 0 radical (unpaired) electrons. The van der Waals surface area contributed by atoms with Crippen LogP contribution in [0.4, 0.5) is 11.4 Å². The molecule has 2 N–H and O–H groups in total. The quantitative estimate of drug-likeness (QED) is 0.271. The smallest absolute Gasteiger partial charge is 0.338 e. The third-order valence-corrected chi connectivity index (χ3v) is 6.01. The maximum atomic E-state index is 12.6. The SMILES string of the molecule is COC(=O)c1ccc(Cl)cc1-c1ccc(C(C)Nc2cccc(C)c2NC(=O)c2ccoc2)cc1. The molecule has 0 bridgehead atoms. The van der Waals surface area contributed by atoms with Crippen molar-refractivity contribution < 1.29 is 18.7 Å². The number of methoxy groups -OCH3 is 1. The summed E-state index contributed by atoms with van der Waals surface area (Å²) in [5, 5.41) is 7.01. The number of halogens is 1. The van der Waals surface area contributed by atoms with E-state index in [1.54, 1.807) is 24.3 Å². The number of nitrogens with one attached hydrogen (secondary N) is 2. The highest BCUT2D eigenvalue weighted by atomic mass is 35.5. The van der Waals surface area contributed by atoms with Gasteiger partial charge in [-0.05, 0) is 66.4 Å². The van der Waals surface area contributed by atoms with Gasteiger partial charge in [0.25, 0.3) is 5.91 Å². The van der Waals surface area contributed by atoms with Gasteiger partial charge in [-0.3, -0.25) is 4.79 Å². The van der Waals surface area contributed by atoms with Crippen molar-refractivity contribution in [2.75, 3.05) is 17.7 Å². The number of hydrogen-bond donors (Lipinski definition) is 2. The number of hydrogen-bond acceptors (Lipinski definition) is 5. The summed E-state index contributed by atoms with van der Waals surface area (Å²) in [5.41, 5.74) is 5.95. The van der Waals surface area contributed by atoms with Gasteiger partial charge in [0.05, 0.1) is 35.9 Å². The largest absolute Gasteiger partial charge is 0.472 e. The second-order valence-corrected chi connectivity index (χ2v) is 8.57. The monoisotopic (exact) mass is 488 g/mol. The molecule has 0 saturated heterocycles. The zero-order valence-electron chi connectivity index (χ0n) is 19.6. The summed E-state index contributed by atoms with van der Waals surface area (Å²) in [5.74, 6) is -0.656. The zero-order chi connectivity index (χ0) is 24.9. The number of carbonyl (C=O) groups excluding carboxylic acids is 2. The standard InChI is InChI=1S/C28H25ClN2O4/c1-17-5-4-6-25(26(17)31-27(32)21-13-14-35-16-21)30-18(2)19-7-9-20(10-8-19)24-15-22(29)11-12-23(24)28(33)34-3/h4-16,18,30H,1-3H3,(H,31,32). The lowest BCUT2D eigenvalue weighted by Gasteiger charge is -2.20. The first-order valence-electron chi connectivity index (χ1n) is 11.0. The summed E-state index contributed by atoms with van der Waals surface area (Å²) in [6.45, 7) is 3.98. The van der Waals surface area contributed by atoms with Crippen LogP contribution in [0, 0.1) is 6.92 Å². The Labute approximate surface area is 208 Å². The van der Waals surface area contributed by atoms with Crippen molar-refractivity contribution in [3.63, 3.8) is 0 Å². The van der Waals surface area contributed by atoms with E-state index in [2.05, 4.69) is 10.6 Å². The number of para-hydroxylation sites is 1. The zero-order valence-corrected chi connectivity index (χ0v) is 20.3. The second kappa shape index (κ2) is 10.5. The molecule has 1 aromatic heterocycles. The van der Waals surface area contributed by atoms with Crippen LogP contribution in [0.2, 0.25) is 5.02 Å². The highest BCUT2D eigenvalue weighted by molar-refractivity contribution is 6.31. The minimum Gasteiger partial charge on any atom is -0.472 e. The summed E-state index contributed by atoms with van der Waals surface area (Å²) >= 11 is 6.19. The maximum Gasteiger partial charge on any atom is 0.338 e. The van der Waals surface area contributed by atoms with Crippen LogP contribution in [0.15, 0.2) is 83.7 Å². The van der Waals surface area contributed by atoms with Crippen LogP contribution in [-0.2, 0) is 4.74 Å². The van der Waals surface area contributed by atoms with E-state index in [1.165, 1.54) is 19.6 Å². The van der Waals surface area contributed by atoms with E-state index in [4.69, 9.17) is 20.8 Å². The van der Waals surface area contributed by atoms with Gasteiger partial charge in [-0.15, -0.1) is 0 Å². The molecule has 0 aliphatic heterocycles. The van der Waals surface area contributed by atoms with Crippen molar-refractivity contribution in [3.05, 3.63) is 107 Å². The van der Waals surface area contributed by atoms with Gasteiger partial charge in [0.1, 0.15) is 6.26 Å². The molecular weight excluding hydrogens is 464 g/mol. The molecule has 4 rings (SSSR count). The molecule has 3 aromatic carbocycles. The van der Waals surface area contributed by atoms with E-state index in [1.807, 2.05) is 56.3 Å². The van der Waals surface area contributed by atoms with E-state index in [-0.39, 0.29) is 11.9 Å². The van der Waals surface area contributed by atoms with Crippen molar-refractivity contribution in [2.24, 2.45) is 0 Å². The summed E-state index contributed by atoms with van der Waals surface area (Å²) in [7, 11) is 1.36. The van der Waals surface area contributed by atoms with Crippen LogP contribution in [-0.4, -0.2) is 19.0 Å². The van der Waals surface area contributed by atoms with Gasteiger partial charge < -0.3 is 19.8 Å². The first-order valence-corrected chi connectivity index (χ1v) is 11.4. The predicted molar refractivity (Wildman–Crippen MR) is 138 cm³/mol. The lowest BCUT2D eigenvalue weighted by molar-refractivity contribution is 0.0601. The second-order valence-electron chi connectivity index (χ2n) is 8.13. The maximum absolute atomic E-state index is 12.6. The number of ether oxygens (including phenoxy) is 1. The van der Waals surface area contributed by atoms with Crippen LogP contribution < -0.4 is 10.6 Å². The molecule has 7 heteroatoms. The predicted octanol–water partition coefficient (Wildman–Crippen LogP) is 7.12. The molecule has 35 heavy (non-hydrogen) atoms. The summed E-state index contributed by atoms with van der Waals surface area (Å²) in [6.07, 6.45) is 2.88. The Morgan fingerprint density at radius 1 is 1.03 bits per heavy atom. The van der Waals surface area contributed by atoms with Gasteiger partial charge in [0, 0.05) is 11.1 Å². The summed E-state index contributed by atoms with van der Waals surface area (Å²) < 4.78 is 9.93. The topological polar surface area (TPSA) is 80.6 Å². The molecule has 1 atom stereocenters. The lowest BCUT2D eigenvalue weighted by Crippen LogP contribution is -2.15. The number of carbonyl (C=O) groups is 2. The fourth-order valence-electron chi connectivity index (χ4n) is 3.84. The molecule has 178 valence electrons. The number of esters is 1. The Morgan fingerprint density at radius 3 is 2.49 bits per heavy atom. The summed E-state index contributed by atoms with van der Waals surface area (Å²) in [4.78, 5) is 24.8. The molecule has 6 nitrogen and oxygen atoms in total. The van der Waals surface area contributed by atoms with Crippen molar-refractivity contribution in [2.45, 2.75) is 19.9 Å². The molecule has 0 saturated carbocycles. The van der Waals surface area contributed by atoms with E-state index in [0.29, 0.717) is 27.4 Å². The third kappa shape index (κ3) is 5.39. The Bertz CT molecular complexity index is 1350. The molecule has 0 aliphatic rings. The van der Waals surface area contributed by atoms with E-state index < -0.39 is 5.97 Å². The third-order valence-electron chi connectivity index (χ3n) is 5.78. The number of furan rings is 1. The Kier molecular flexibility index (Phi) is 7.22. The van der Waals surface area contributed by atoms with Gasteiger partial charge in [-0.2, -0.15) is 0 Å². The molecule has 1 heterocycles. The summed E-state index contributed by atoms with van der Waals surface area (Å²) in [6, 6.07) is 20.3. The Balaban J connectivity index is 1.56. The number of aryl methyl sites for hydroxylation is 1. The van der Waals surface area contributed by atoms with Gasteiger partial charge in [0.2, 0.25) is 0 Å². The van der Waals surface area contributed by atoms with Crippen LogP contribution in [0.25, 0.3) is 11.1 Å². The average molecular weight is 489 g/mol. The average Bonchev–Trinajstić information content (AvgIpc) is 3.41. The molecule has 0 spiro atoms. The minimum atomic E-state index is -0.416. The van der Waals surface area contributed by atoms with Gasteiger partial charge in [-0.1, -0.05) is 48.0 Å². The fourth-order valence-corrected chi connectivity index (χ4v) is 4.02. The molecule has 1 amide bonds. The minimum absolute atomic E-state index is 0.0603. The molecule has 4 aromatic rings. The van der Waals surface area contributed by atoms with Crippen LogP contribution in [0.1, 0.15) is 44.8 Å². The number of rotatable bonds is 7. The molecular formula is C28H25ClN2O4. The van der Waals surface area contributed by atoms with E-state index >= 15 is 0 Å². The Hall–Kier alpha value is -4.03. The van der Waals surface area contributed by atoms with Crippen molar-refractivity contribution in [1.82, 2.24) is 0 Å². The van der Waals surface area contributed by atoms with E-state index in [0.717, 1.165) is 22.4 Å². The van der Waals surface area contributed by atoms with Gasteiger partial charge in [0.15, 0.2) is 0 Å². The number of amides is 1. The highest BCUT2D eigenvalue weighted by Crippen LogP contribution is 2.32. The fraction of sp³-hybridized carbons (Fsp3) is 0.143. The first-order chi connectivity index (χ1) is 16.9. The molecule has 1 unspecified atom stereocenters. The molecule has 0 fully saturated rings. The van der Waals surface area contributed by atoms with Crippen molar-refractivity contribution >= 4 is 34.9 Å². The normalized spacial score (nSPS) is 11.5. The van der Waals surface area contributed by atoms with Crippen LogP contribution in [0.5, 0.6) is 0 Å². The van der Waals surface area contributed by atoms with Crippen LogP contribution >= 0.6 is 11.6 Å². The van der Waals surface area contributed by atoms with Gasteiger partial charge >= 0.3 is 5.97 Å². The lowest BCUT2D eigenvalue weighted by atomic mass is 9.97. The van der Waals surface area contributed by atoms with Crippen molar-refractivity contribution in [3.8, 4) is 11.1 Å². The van der Waals surface area contributed by atoms with E-state index in [9.17, 15) is 9.59 Å². The number of anilines is 2. The molecule has 0 aliphatic carbocycles. The highest BCUT2D eigenvalue weighted by Gasteiger charge is 2.16. The number of benzene rings is 3. The van der Waals surface area contributed by atoms with Gasteiger partial charge in [-0.25, -0.2) is 4.79 Å². The van der Waals surface area contributed by atoms with Crippen LogP contribution in [0.3, 0.4) is 0 Å². The van der Waals surface area contributed by atoms with Crippen molar-refractivity contribution in [1.29, 1.82) is 0 Å².